The highest BCUT2D eigenvalue weighted by molar-refractivity contribution is 5.43. The Balaban J connectivity index is 2.21. The second kappa shape index (κ2) is 3.34. The van der Waals surface area contributed by atoms with Crippen LogP contribution in [-0.2, 0) is 0 Å². The van der Waals surface area contributed by atoms with Crippen molar-refractivity contribution in [2.75, 3.05) is 18.0 Å². The second-order valence-electron chi connectivity index (χ2n) is 3.46. The molecule has 2 heterocycles. The zero-order chi connectivity index (χ0) is 9.26. The molecule has 13 heavy (non-hydrogen) atoms. The zero-order valence-electron chi connectivity index (χ0n) is 7.77. The molecule has 1 aliphatic heterocycles. The van der Waals surface area contributed by atoms with E-state index in [0.29, 0.717) is 0 Å². The van der Waals surface area contributed by atoms with Crippen molar-refractivity contribution in [1.82, 2.24) is 4.98 Å². The van der Waals surface area contributed by atoms with Gasteiger partial charge in [-0.1, -0.05) is 0 Å². The van der Waals surface area contributed by atoms with E-state index in [2.05, 4.69) is 9.88 Å². The third-order valence-electron chi connectivity index (χ3n) is 2.43. The number of anilines is 1. The molecule has 0 saturated carbocycles. The minimum absolute atomic E-state index is 0.400. The van der Waals surface area contributed by atoms with Gasteiger partial charge in [-0.3, -0.25) is 0 Å². The first kappa shape index (κ1) is 8.51. The normalized spacial score (nSPS) is 18.2. The number of aromatic nitrogens is 1. The molecule has 0 bridgehead atoms. The summed E-state index contributed by atoms with van der Waals surface area (Å²) < 4.78 is 0. The molecule has 0 aliphatic carbocycles. The average molecular weight is 178 g/mol. The lowest BCUT2D eigenvalue weighted by Crippen LogP contribution is -2.37. The summed E-state index contributed by atoms with van der Waals surface area (Å²) in [5.74, 6) is 0.990. The summed E-state index contributed by atoms with van der Waals surface area (Å²) >= 11 is 0. The van der Waals surface area contributed by atoms with Gasteiger partial charge in [0, 0.05) is 19.3 Å². The molecule has 70 valence electrons. The van der Waals surface area contributed by atoms with Crippen LogP contribution in [-0.4, -0.2) is 23.2 Å². The first-order valence-corrected chi connectivity index (χ1v) is 4.66. The molecule has 1 atom stereocenters. The minimum atomic E-state index is -0.400. The lowest BCUT2D eigenvalue weighted by molar-refractivity contribution is 0.199. The van der Waals surface area contributed by atoms with Gasteiger partial charge in [-0.25, -0.2) is 4.98 Å². The van der Waals surface area contributed by atoms with Gasteiger partial charge in [0.2, 0.25) is 0 Å². The molecule has 0 spiro atoms. The van der Waals surface area contributed by atoms with E-state index < -0.39 is 6.10 Å². The first-order chi connectivity index (χ1) is 6.27. The van der Waals surface area contributed by atoms with Crippen molar-refractivity contribution in [3.8, 4) is 0 Å². The standard InChI is InChI=1S/C10H14N2O/c1-8(13)9-3-4-11-10(7-9)12-5-2-6-12/h3-4,7-8,13H,2,5-6H2,1H3/t8-/m0/s1. The van der Waals surface area contributed by atoms with Crippen LogP contribution in [0, 0.1) is 0 Å². The first-order valence-electron chi connectivity index (χ1n) is 4.66. The van der Waals surface area contributed by atoms with Crippen molar-refractivity contribution in [3.63, 3.8) is 0 Å². The van der Waals surface area contributed by atoms with E-state index in [9.17, 15) is 5.11 Å². The maximum absolute atomic E-state index is 9.37. The summed E-state index contributed by atoms with van der Waals surface area (Å²) in [4.78, 5) is 6.47. The Morgan fingerprint density at radius 2 is 2.31 bits per heavy atom. The Morgan fingerprint density at radius 1 is 1.54 bits per heavy atom. The molecule has 1 N–H and O–H groups in total. The van der Waals surface area contributed by atoms with Gasteiger partial charge in [-0.2, -0.15) is 0 Å². The third kappa shape index (κ3) is 1.65. The molecule has 1 aromatic heterocycles. The molecule has 2 rings (SSSR count). The summed E-state index contributed by atoms with van der Waals surface area (Å²) in [5, 5.41) is 9.37. The molecular weight excluding hydrogens is 164 g/mol. The van der Waals surface area contributed by atoms with Crippen LogP contribution >= 0.6 is 0 Å². The Labute approximate surface area is 78.0 Å². The molecule has 0 unspecified atom stereocenters. The number of aliphatic hydroxyl groups is 1. The van der Waals surface area contributed by atoms with Gasteiger partial charge in [0.05, 0.1) is 6.10 Å². The highest BCUT2D eigenvalue weighted by Crippen LogP contribution is 2.21. The van der Waals surface area contributed by atoms with Crippen molar-refractivity contribution in [2.24, 2.45) is 0 Å². The number of aliphatic hydroxyl groups excluding tert-OH is 1. The summed E-state index contributed by atoms with van der Waals surface area (Å²) in [6.45, 7) is 3.96. The van der Waals surface area contributed by atoms with E-state index in [-0.39, 0.29) is 0 Å². The van der Waals surface area contributed by atoms with Crippen molar-refractivity contribution in [2.45, 2.75) is 19.4 Å². The summed E-state index contributed by atoms with van der Waals surface area (Å²) in [6.07, 6.45) is 2.61. The lowest BCUT2D eigenvalue weighted by Gasteiger charge is -2.32. The molecular formula is C10H14N2O. The highest BCUT2D eigenvalue weighted by atomic mass is 16.3. The molecule has 1 aromatic rings. The maximum Gasteiger partial charge on any atom is 0.128 e. The molecule has 1 saturated heterocycles. The Hall–Kier alpha value is -1.09. The van der Waals surface area contributed by atoms with E-state index in [1.54, 1.807) is 13.1 Å². The van der Waals surface area contributed by atoms with Crippen molar-refractivity contribution in [1.29, 1.82) is 0 Å². The van der Waals surface area contributed by atoms with Crippen LogP contribution in [0.2, 0.25) is 0 Å². The van der Waals surface area contributed by atoms with Crippen LogP contribution in [0.4, 0.5) is 5.82 Å². The molecule has 3 heteroatoms. The monoisotopic (exact) mass is 178 g/mol. The van der Waals surface area contributed by atoms with E-state index >= 15 is 0 Å². The van der Waals surface area contributed by atoms with Crippen molar-refractivity contribution >= 4 is 5.82 Å². The molecule has 0 radical (unpaired) electrons. The Morgan fingerprint density at radius 3 is 2.85 bits per heavy atom. The smallest absolute Gasteiger partial charge is 0.128 e. The predicted octanol–water partition coefficient (Wildman–Crippen LogP) is 1.34. The number of rotatable bonds is 2. The second-order valence-corrected chi connectivity index (χ2v) is 3.46. The Kier molecular flexibility index (Phi) is 2.19. The topological polar surface area (TPSA) is 36.4 Å². The zero-order valence-corrected chi connectivity index (χ0v) is 7.77. The maximum atomic E-state index is 9.37. The van der Waals surface area contributed by atoms with E-state index in [1.807, 2.05) is 12.1 Å². The largest absolute Gasteiger partial charge is 0.389 e. The van der Waals surface area contributed by atoms with Gasteiger partial charge in [0.1, 0.15) is 5.82 Å². The fourth-order valence-electron chi connectivity index (χ4n) is 1.41. The van der Waals surface area contributed by atoms with Crippen LogP contribution in [0.15, 0.2) is 18.3 Å². The molecule has 0 amide bonds. The third-order valence-corrected chi connectivity index (χ3v) is 2.43. The van der Waals surface area contributed by atoms with Gasteiger partial charge >= 0.3 is 0 Å². The van der Waals surface area contributed by atoms with Gasteiger partial charge in [-0.05, 0) is 31.0 Å². The summed E-state index contributed by atoms with van der Waals surface area (Å²) in [6, 6.07) is 3.82. The van der Waals surface area contributed by atoms with E-state index in [0.717, 1.165) is 24.5 Å². The van der Waals surface area contributed by atoms with Crippen LogP contribution in [0.25, 0.3) is 0 Å². The van der Waals surface area contributed by atoms with Gasteiger partial charge in [-0.15, -0.1) is 0 Å². The van der Waals surface area contributed by atoms with Crippen molar-refractivity contribution in [3.05, 3.63) is 23.9 Å². The minimum Gasteiger partial charge on any atom is -0.389 e. The molecule has 3 nitrogen and oxygen atoms in total. The fraction of sp³-hybridized carbons (Fsp3) is 0.500. The average Bonchev–Trinajstić information content (AvgIpc) is 2.01. The fourth-order valence-corrected chi connectivity index (χ4v) is 1.41. The van der Waals surface area contributed by atoms with Crippen LogP contribution in [0.1, 0.15) is 25.0 Å². The van der Waals surface area contributed by atoms with Gasteiger partial charge < -0.3 is 10.0 Å². The van der Waals surface area contributed by atoms with E-state index in [4.69, 9.17) is 0 Å². The Bertz CT molecular complexity index is 295. The molecule has 0 aromatic carbocycles. The van der Waals surface area contributed by atoms with Crippen LogP contribution in [0.5, 0.6) is 0 Å². The van der Waals surface area contributed by atoms with Crippen LogP contribution < -0.4 is 4.90 Å². The predicted molar refractivity (Wildman–Crippen MR) is 51.7 cm³/mol. The summed E-state index contributed by atoms with van der Waals surface area (Å²) in [7, 11) is 0. The van der Waals surface area contributed by atoms with Crippen LogP contribution in [0.3, 0.4) is 0 Å². The van der Waals surface area contributed by atoms with Crippen molar-refractivity contribution < 1.29 is 5.11 Å². The highest BCUT2D eigenvalue weighted by Gasteiger charge is 2.16. The number of pyridine rings is 1. The van der Waals surface area contributed by atoms with Gasteiger partial charge in [0.25, 0.3) is 0 Å². The number of nitrogens with zero attached hydrogens (tertiary/aromatic N) is 2. The number of hydrogen-bond donors (Lipinski definition) is 1. The molecule has 1 aliphatic rings. The SMILES string of the molecule is C[C@H](O)c1ccnc(N2CCC2)c1. The molecule has 1 fully saturated rings. The quantitative estimate of drug-likeness (QED) is 0.742. The van der Waals surface area contributed by atoms with Gasteiger partial charge in [0.15, 0.2) is 0 Å². The number of hydrogen-bond acceptors (Lipinski definition) is 3. The van der Waals surface area contributed by atoms with E-state index in [1.165, 1.54) is 6.42 Å². The summed E-state index contributed by atoms with van der Waals surface area (Å²) in [5.41, 5.74) is 0.942. The lowest BCUT2D eigenvalue weighted by atomic mass is 10.1.